The van der Waals surface area contributed by atoms with Gasteiger partial charge in [0.05, 0.1) is 11.7 Å². The van der Waals surface area contributed by atoms with E-state index in [1.54, 1.807) is 13.3 Å². The van der Waals surface area contributed by atoms with E-state index >= 15 is 0 Å². The zero-order valence-corrected chi connectivity index (χ0v) is 11.5. The van der Waals surface area contributed by atoms with Crippen molar-refractivity contribution in [1.82, 2.24) is 4.98 Å². The molecule has 19 heavy (non-hydrogen) atoms. The molecule has 1 fully saturated rings. The number of hydrogen-bond acceptors (Lipinski definition) is 5. The zero-order valence-electron chi connectivity index (χ0n) is 11.5. The third-order valence-electron chi connectivity index (χ3n) is 3.80. The summed E-state index contributed by atoms with van der Waals surface area (Å²) in [6.45, 7) is 3.30. The lowest BCUT2D eigenvalue weighted by molar-refractivity contribution is 0.0708. The fraction of sp³-hybridized carbons (Fsp3) is 0.571. The van der Waals surface area contributed by atoms with E-state index in [0.717, 1.165) is 30.8 Å². The van der Waals surface area contributed by atoms with Crippen LogP contribution < -0.4 is 10.6 Å². The Morgan fingerprint density at radius 3 is 3.05 bits per heavy atom. The number of hydrogen-bond donors (Lipinski definition) is 1. The summed E-state index contributed by atoms with van der Waals surface area (Å²) in [5, 5.41) is 9.31. The first-order valence-corrected chi connectivity index (χ1v) is 6.56. The molecule has 2 unspecified atom stereocenters. The van der Waals surface area contributed by atoms with Crippen LogP contribution >= 0.6 is 0 Å². The second-order valence-electron chi connectivity index (χ2n) is 4.90. The molecule has 0 spiro atoms. The van der Waals surface area contributed by atoms with Gasteiger partial charge >= 0.3 is 0 Å². The van der Waals surface area contributed by atoms with Gasteiger partial charge in [-0.1, -0.05) is 0 Å². The lowest BCUT2D eigenvalue weighted by Gasteiger charge is -2.39. The van der Waals surface area contributed by atoms with Crippen LogP contribution in [0.4, 0.5) is 5.82 Å². The highest BCUT2D eigenvalue weighted by molar-refractivity contribution is 5.58. The van der Waals surface area contributed by atoms with Crippen molar-refractivity contribution in [1.29, 1.82) is 5.26 Å². The van der Waals surface area contributed by atoms with Gasteiger partial charge in [0.1, 0.15) is 11.9 Å². The maximum Gasteiger partial charge on any atom is 0.147 e. The fourth-order valence-corrected chi connectivity index (χ4v) is 2.63. The molecule has 2 N–H and O–H groups in total. The van der Waals surface area contributed by atoms with Gasteiger partial charge in [-0.05, 0) is 31.4 Å². The number of nitriles is 1. The molecule has 0 amide bonds. The van der Waals surface area contributed by atoms with Crippen LogP contribution in [0, 0.1) is 18.3 Å². The van der Waals surface area contributed by atoms with Gasteiger partial charge in [0, 0.05) is 32.4 Å². The molecule has 0 saturated carbocycles. The highest BCUT2D eigenvalue weighted by Crippen LogP contribution is 2.27. The van der Waals surface area contributed by atoms with Gasteiger partial charge in [-0.2, -0.15) is 5.26 Å². The number of pyridine rings is 1. The lowest BCUT2D eigenvalue weighted by Crippen LogP contribution is -2.49. The minimum absolute atomic E-state index is 0.181. The normalized spacial score (nSPS) is 23.2. The maximum atomic E-state index is 9.31. The topological polar surface area (TPSA) is 75.2 Å². The van der Waals surface area contributed by atoms with Crippen molar-refractivity contribution >= 4 is 5.82 Å². The van der Waals surface area contributed by atoms with E-state index < -0.39 is 0 Å². The molecule has 2 heterocycles. The van der Waals surface area contributed by atoms with Crippen molar-refractivity contribution in [2.24, 2.45) is 5.73 Å². The number of aromatic nitrogens is 1. The van der Waals surface area contributed by atoms with E-state index in [0.29, 0.717) is 12.1 Å². The van der Waals surface area contributed by atoms with Crippen molar-refractivity contribution in [2.75, 3.05) is 25.1 Å². The Morgan fingerprint density at radius 2 is 2.42 bits per heavy atom. The first-order chi connectivity index (χ1) is 9.21. The van der Waals surface area contributed by atoms with Gasteiger partial charge in [-0.25, -0.2) is 4.98 Å². The average Bonchev–Trinajstić information content (AvgIpc) is 2.46. The van der Waals surface area contributed by atoms with Crippen LogP contribution in [0.25, 0.3) is 0 Å². The molecule has 5 nitrogen and oxygen atoms in total. The van der Waals surface area contributed by atoms with Crippen LogP contribution in [-0.4, -0.2) is 37.3 Å². The second-order valence-corrected chi connectivity index (χ2v) is 4.90. The van der Waals surface area contributed by atoms with Crippen LogP contribution in [0.2, 0.25) is 0 Å². The molecule has 1 aliphatic heterocycles. The quantitative estimate of drug-likeness (QED) is 0.884. The summed E-state index contributed by atoms with van der Waals surface area (Å²) in [5.74, 6) is 0.757. The first kappa shape index (κ1) is 13.8. The van der Waals surface area contributed by atoms with E-state index in [1.165, 1.54) is 0 Å². The second kappa shape index (κ2) is 6.00. The van der Waals surface area contributed by atoms with Gasteiger partial charge in [-0.3, -0.25) is 0 Å². The molecule has 0 bridgehead atoms. The van der Waals surface area contributed by atoms with E-state index in [4.69, 9.17) is 10.5 Å². The molecule has 1 aromatic heterocycles. The molecule has 0 aliphatic carbocycles. The van der Waals surface area contributed by atoms with Gasteiger partial charge < -0.3 is 15.4 Å². The van der Waals surface area contributed by atoms with Gasteiger partial charge in [-0.15, -0.1) is 0 Å². The highest BCUT2D eigenvalue weighted by atomic mass is 16.5. The van der Waals surface area contributed by atoms with Crippen molar-refractivity contribution in [2.45, 2.75) is 31.9 Å². The Balaban J connectivity index is 2.31. The number of aryl methyl sites for hydroxylation is 1. The largest absolute Gasteiger partial charge is 0.381 e. The van der Waals surface area contributed by atoms with E-state index in [-0.39, 0.29) is 12.1 Å². The predicted octanol–water partition coefficient (Wildman–Crippen LogP) is 1.20. The Labute approximate surface area is 114 Å². The van der Waals surface area contributed by atoms with Gasteiger partial charge in [0.15, 0.2) is 0 Å². The fourth-order valence-electron chi connectivity index (χ4n) is 2.63. The summed E-state index contributed by atoms with van der Waals surface area (Å²) in [6.07, 6.45) is 3.82. The van der Waals surface area contributed by atoms with Gasteiger partial charge in [0.25, 0.3) is 0 Å². The van der Waals surface area contributed by atoms with Gasteiger partial charge in [0.2, 0.25) is 0 Å². The number of nitrogens with zero attached hydrogens (tertiary/aromatic N) is 3. The minimum Gasteiger partial charge on any atom is -0.381 e. The highest BCUT2D eigenvalue weighted by Gasteiger charge is 2.30. The predicted molar refractivity (Wildman–Crippen MR) is 73.9 cm³/mol. The standard InChI is InChI=1S/C14H20N4O/c1-10-3-5-17-14(13(10)9-16)18-6-4-12(19-2)7-11(18)8-15/h3,5,11-12H,4,6-8,15H2,1-2H3. The molecule has 0 aromatic carbocycles. The monoisotopic (exact) mass is 260 g/mol. The van der Waals surface area contributed by atoms with E-state index in [1.807, 2.05) is 13.0 Å². The number of nitrogens with two attached hydrogens (primary N) is 1. The molecule has 0 radical (unpaired) electrons. The minimum atomic E-state index is 0.181. The number of piperidine rings is 1. The van der Waals surface area contributed by atoms with Crippen LogP contribution in [0.1, 0.15) is 24.0 Å². The molecule has 2 atom stereocenters. The van der Waals surface area contributed by atoms with Crippen LogP contribution in [-0.2, 0) is 4.74 Å². The van der Waals surface area contributed by atoms with Crippen molar-refractivity contribution in [3.05, 3.63) is 23.4 Å². The number of rotatable bonds is 3. The zero-order chi connectivity index (χ0) is 13.8. The summed E-state index contributed by atoms with van der Waals surface area (Å²) in [6, 6.07) is 4.30. The summed E-state index contributed by atoms with van der Waals surface area (Å²) < 4.78 is 5.42. The van der Waals surface area contributed by atoms with Crippen molar-refractivity contribution < 1.29 is 4.74 Å². The van der Waals surface area contributed by atoms with Crippen molar-refractivity contribution in [3.8, 4) is 6.07 Å². The van der Waals surface area contributed by atoms with Crippen LogP contribution in [0.15, 0.2) is 12.3 Å². The summed E-state index contributed by atoms with van der Waals surface area (Å²) in [5.41, 5.74) is 7.48. The Morgan fingerprint density at radius 1 is 1.63 bits per heavy atom. The molecular formula is C14H20N4O. The summed E-state index contributed by atoms with van der Waals surface area (Å²) >= 11 is 0. The van der Waals surface area contributed by atoms with Crippen LogP contribution in [0.5, 0.6) is 0 Å². The molecular weight excluding hydrogens is 240 g/mol. The Bertz CT molecular complexity index is 483. The number of anilines is 1. The third-order valence-corrected chi connectivity index (χ3v) is 3.80. The summed E-state index contributed by atoms with van der Waals surface area (Å²) in [7, 11) is 1.74. The number of ether oxygens (including phenoxy) is 1. The lowest BCUT2D eigenvalue weighted by atomic mass is 9.98. The Hall–Kier alpha value is -1.64. The third kappa shape index (κ3) is 2.70. The average molecular weight is 260 g/mol. The Kier molecular flexibility index (Phi) is 4.35. The first-order valence-electron chi connectivity index (χ1n) is 6.56. The molecule has 2 rings (SSSR count). The molecule has 1 aliphatic rings. The van der Waals surface area contributed by atoms with E-state index in [9.17, 15) is 5.26 Å². The summed E-state index contributed by atoms with van der Waals surface area (Å²) in [4.78, 5) is 6.54. The van der Waals surface area contributed by atoms with E-state index in [2.05, 4.69) is 16.0 Å². The molecule has 102 valence electrons. The maximum absolute atomic E-state index is 9.31. The number of methoxy groups -OCH3 is 1. The van der Waals surface area contributed by atoms with Crippen LogP contribution in [0.3, 0.4) is 0 Å². The molecule has 1 saturated heterocycles. The molecule has 1 aromatic rings. The smallest absolute Gasteiger partial charge is 0.147 e. The molecule has 5 heteroatoms. The SMILES string of the molecule is COC1CCN(c2nccc(C)c2C#N)C(CN)C1. The van der Waals surface area contributed by atoms with Crippen molar-refractivity contribution in [3.63, 3.8) is 0 Å².